The molecule has 1 atom stereocenters. The van der Waals surface area contributed by atoms with E-state index in [0.29, 0.717) is 10.4 Å². The Labute approximate surface area is 120 Å². The summed E-state index contributed by atoms with van der Waals surface area (Å²) in [6.07, 6.45) is 1.14. The Morgan fingerprint density at radius 1 is 1.63 bits per heavy atom. The molecule has 1 amide bonds. The van der Waals surface area contributed by atoms with E-state index in [4.69, 9.17) is 9.52 Å². The summed E-state index contributed by atoms with van der Waals surface area (Å²) in [6, 6.07) is 3.41. The van der Waals surface area contributed by atoms with Crippen LogP contribution in [-0.4, -0.2) is 33.6 Å². The molecule has 0 aromatic carbocycles. The number of carbonyl (C=O) groups is 2. The molecule has 1 aromatic heterocycles. The van der Waals surface area contributed by atoms with Gasteiger partial charge in [0.2, 0.25) is 5.91 Å². The zero-order chi connectivity index (χ0) is 13.8. The van der Waals surface area contributed by atoms with Gasteiger partial charge in [0.15, 0.2) is 9.84 Å². The molecule has 1 aliphatic heterocycles. The predicted molar refractivity (Wildman–Crippen MR) is 73.2 cm³/mol. The Bertz CT molecular complexity index is 569. The van der Waals surface area contributed by atoms with Crippen molar-refractivity contribution >= 4 is 51.0 Å². The summed E-state index contributed by atoms with van der Waals surface area (Å²) < 4.78 is 5.74. The molecule has 0 bridgehead atoms. The second-order valence-corrected chi connectivity index (χ2v) is 5.46. The van der Waals surface area contributed by atoms with Gasteiger partial charge < -0.3 is 14.8 Å². The molecule has 0 aliphatic carbocycles. The van der Waals surface area contributed by atoms with Gasteiger partial charge in [0.1, 0.15) is 11.0 Å². The first kappa shape index (κ1) is 13.8. The van der Waals surface area contributed by atoms with E-state index in [2.05, 4.69) is 31.4 Å². The molecule has 2 N–H and O–H groups in total. The lowest BCUT2D eigenvalue weighted by Gasteiger charge is -1.97. The number of carbonyl (C=O) groups excluding carboxylic acids is 1. The van der Waals surface area contributed by atoms with Crippen molar-refractivity contribution in [2.24, 2.45) is 10.2 Å². The first-order valence-corrected chi connectivity index (χ1v) is 6.77. The van der Waals surface area contributed by atoms with Crippen LogP contribution in [0.4, 0.5) is 0 Å². The van der Waals surface area contributed by atoms with Crippen LogP contribution in [0.15, 0.2) is 31.4 Å². The number of hydrogen-bond acceptors (Lipinski definition) is 6. The first-order valence-electron chi connectivity index (χ1n) is 5.10. The highest BCUT2D eigenvalue weighted by molar-refractivity contribution is 9.10. The number of nitrogens with one attached hydrogen (secondary N) is 1. The van der Waals surface area contributed by atoms with Crippen molar-refractivity contribution in [3.8, 4) is 0 Å². The maximum Gasteiger partial charge on any atom is 0.305 e. The van der Waals surface area contributed by atoms with E-state index < -0.39 is 11.2 Å². The molecule has 1 saturated heterocycles. The van der Waals surface area contributed by atoms with Crippen molar-refractivity contribution in [3.05, 3.63) is 22.6 Å². The summed E-state index contributed by atoms with van der Waals surface area (Å²) in [4.78, 5) is 21.9. The maximum atomic E-state index is 11.4. The minimum absolute atomic E-state index is 0.246. The Kier molecular flexibility index (Phi) is 4.38. The molecule has 1 aromatic rings. The average Bonchev–Trinajstić information content (AvgIpc) is 2.86. The molecule has 19 heavy (non-hydrogen) atoms. The monoisotopic (exact) mass is 345 g/mol. The van der Waals surface area contributed by atoms with Gasteiger partial charge in [-0.05, 0) is 28.1 Å². The van der Waals surface area contributed by atoms with Crippen LogP contribution in [0.5, 0.6) is 0 Å². The van der Waals surface area contributed by atoms with Gasteiger partial charge in [-0.15, -0.1) is 5.10 Å². The molecule has 0 radical (unpaired) electrons. The fourth-order valence-corrected chi connectivity index (χ4v) is 2.52. The third-order valence-corrected chi connectivity index (χ3v) is 3.56. The van der Waals surface area contributed by atoms with Crippen molar-refractivity contribution in [2.45, 2.75) is 11.7 Å². The van der Waals surface area contributed by atoms with Gasteiger partial charge >= 0.3 is 5.97 Å². The van der Waals surface area contributed by atoms with E-state index in [1.165, 1.54) is 6.21 Å². The SMILES string of the molecule is O=C(O)CC1S/C(=N\N=C\c2ccc(Br)o2)NC1=O. The molecule has 0 spiro atoms. The van der Waals surface area contributed by atoms with Crippen molar-refractivity contribution in [1.29, 1.82) is 0 Å². The Morgan fingerprint density at radius 3 is 3.05 bits per heavy atom. The van der Waals surface area contributed by atoms with Crippen LogP contribution in [0.25, 0.3) is 0 Å². The highest BCUT2D eigenvalue weighted by Crippen LogP contribution is 2.22. The number of carboxylic acids is 1. The van der Waals surface area contributed by atoms with Crippen LogP contribution in [0.1, 0.15) is 12.2 Å². The summed E-state index contributed by atoms with van der Waals surface area (Å²) in [5, 5.41) is 18.2. The van der Waals surface area contributed by atoms with E-state index in [-0.39, 0.29) is 17.5 Å². The van der Waals surface area contributed by atoms with E-state index in [9.17, 15) is 9.59 Å². The highest BCUT2D eigenvalue weighted by Gasteiger charge is 2.32. The number of halogens is 1. The normalized spacial score (nSPS) is 21.2. The lowest BCUT2D eigenvalue weighted by molar-refractivity contribution is -0.138. The van der Waals surface area contributed by atoms with Crippen LogP contribution in [0.3, 0.4) is 0 Å². The Morgan fingerprint density at radius 2 is 2.42 bits per heavy atom. The molecular weight excluding hydrogens is 338 g/mol. The van der Waals surface area contributed by atoms with Gasteiger partial charge in [0, 0.05) is 0 Å². The third-order valence-electron chi connectivity index (χ3n) is 2.06. The zero-order valence-corrected chi connectivity index (χ0v) is 11.8. The van der Waals surface area contributed by atoms with E-state index in [0.717, 1.165) is 11.8 Å². The second-order valence-electron chi connectivity index (χ2n) is 3.49. The number of thioether (sulfide) groups is 1. The van der Waals surface area contributed by atoms with Gasteiger partial charge in [0.25, 0.3) is 0 Å². The van der Waals surface area contributed by atoms with Crippen LogP contribution < -0.4 is 5.32 Å². The fourth-order valence-electron chi connectivity index (χ4n) is 1.28. The first-order chi connectivity index (χ1) is 9.04. The summed E-state index contributed by atoms with van der Waals surface area (Å²) in [5.74, 6) is -0.896. The maximum absolute atomic E-state index is 11.4. The number of aliphatic carboxylic acids is 1. The Balaban J connectivity index is 1.96. The second kappa shape index (κ2) is 6.02. The topological polar surface area (TPSA) is 104 Å². The van der Waals surface area contributed by atoms with Crippen molar-refractivity contribution in [2.75, 3.05) is 0 Å². The van der Waals surface area contributed by atoms with Crippen LogP contribution in [0.2, 0.25) is 0 Å². The zero-order valence-electron chi connectivity index (χ0n) is 9.37. The molecular formula is C10H8BrN3O4S. The van der Waals surface area contributed by atoms with Crippen LogP contribution >= 0.6 is 27.7 Å². The van der Waals surface area contributed by atoms with Crippen LogP contribution in [0, 0.1) is 0 Å². The number of furan rings is 1. The summed E-state index contributed by atoms with van der Waals surface area (Å²) >= 11 is 4.19. The van der Waals surface area contributed by atoms with E-state index in [1.54, 1.807) is 12.1 Å². The number of amides is 1. The molecule has 1 fully saturated rings. The molecule has 0 saturated carbocycles. The lowest BCUT2D eigenvalue weighted by Crippen LogP contribution is -2.26. The van der Waals surface area contributed by atoms with E-state index in [1.807, 2.05) is 0 Å². The molecule has 1 aliphatic rings. The van der Waals surface area contributed by atoms with Gasteiger partial charge in [-0.2, -0.15) is 5.10 Å². The molecule has 9 heteroatoms. The van der Waals surface area contributed by atoms with Gasteiger partial charge in [0.05, 0.1) is 12.6 Å². The number of rotatable bonds is 4. The fraction of sp³-hybridized carbons (Fsp3) is 0.200. The number of hydrogen-bond donors (Lipinski definition) is 2. The number of amidine groups is 1. The number of nitrogens with zero attached hydrogens (tertiary/aromatic N) is 2. The largest absolute Gasteiger partial charge is 0.481 e. The third kappa shape index (κ3) is 3.93. The average molecular weight is 346 g/mol. The van der Waals surface area contributed by atoms with E-state index >= 15 is 0 Å². The molecule has 1 unspecified atom stereocenters. The van der Waals surface area contributed by atoms with Gasteiger partial charge in [-0.25, -0.2) is 0 Å². The minimum atomic E-state index is -1.03. The molecule has 7 nitrogen and oxygen atoms in total. The quantitative estimate of drug-likeness (QED) is 0.634. The molecule has 2 heterocycles. The molecule has 100 valence electrons. The number of carboxylic acid groups (broad SMARTS) is 1. The van der Waals surface area contributed by atoms with Crippen LogP contribution in [-0.2, 0) is 9.59 Å². The minimum Gasteiger partial charge on any atom is -0.481 e. The van der Waals surface area contributed by atoms with Gasteiger partial charge in [-0.3, -0.25) is 9.59 Å². The lowest BCUT2D eigenvalue weighted by atomic mass is 10.3. The van der Waals surface area contributed by atoms with Crippen molar-refractivity contribution in [1.82, 2.24) is 5.32 Å². The molecule has 2 rings (SSSR count). The summed E-state index contributed by atoms with van der Waals surface area (Å²) in [6.45, 7) is 0. The smallest absolute Gasteiger partial charge is 0.305 e. The summed E-state index contributed by atoms with van der Waals surface area (Å²) in [5.41, 5.74) is 0. The summed E-state index contributed by atoms with van der Waals surface area (Å²) in [7, 11) is 0. The highest BCUT2D eigenvalue weighted by atomic mass is 79.9. The standard InChI is InChI=1S/C10H8BrN3O4S/c11-7-2-1-5(18-7)4-12-14-10-13-9(17)6(19-10)3-8(15)16/h1-2,4,6H,3H2,(H,15,16)(H,13,14,17)/b12-4+. The van der Waals surface area contributed by atoms with Gasteiger partial charge in [-0.1, -0.05) is 11.8 Å². The Hall–Kier alpha value is -1.61. The predicted octanol–water partition coefficient (Wildman–Crippen LogP) is 1.44. The van der Waals surface area contributed by atoms with Crippen molar-refractivity contribution in [3.63, 3.8) is 0 Å². The van der Waals surface area contributed by atoms with Crippen molar-refractivity contribution < 1.29 is 19.1 Å².